The zero-order valence-electron chi connectivity index (χ0n) is 13.1. The Morgan fingerprint density at radius 2 is 1.92 bits per heavy atom. The molecule has 2 aromatic carbocycles. The van der Waals surface area contributed by atoms with Crippen LogP contribution in [0.2, 0.25) is 5.02 Å². The monoisotopic (exact) mass is 341 g/mol. The number of anilines is 1. The summed E-state index contributed by atoms with van der Waals surface area (Å²) in [5.41, 5.74) is 1.67. The number of carbonyl (C=O) groups is 2. The maximum Gasteiger partial charge on any atom is 0.251 e. The van der Waals surface area contributed by atoms with Crippen LogP contribution >= 0.6 is 11.6 Å². The number of hydrogen-bond donors (Lipinski definition) is 1. The lowest BCUT2D eigenvalue weighted by atomic mass is 10.2. The summed E-state index contributed by atoms with van der Waals surface area (Å²) in [6.07, 6.45) is 0. The quantitative estimate of drug-likeness (QED) is 0.908. The number of hydrogen-bond acceptors (Lipinski definition) is 3. The van der Waals surface area contributed by atoms with Gasteiger partial charge in [-0.05, 0) is 42.5 Å². The van der Waals surface area contributed by atoms with Crippen molar-refractivity contribution in [1.29, 1.82) is 5.26 Å². The molecule has 2 rings (SSSR count). The van der Waals surface area contributed by atoms with Gasteiger partial charge in [0.15, 0.2) is 0 Å². The van der Waals surface area contributed by atoms with Crippen LogP contribution in [-0.4, -0.2) is 24.9 Å². The van der Waals surface area contributed by atoms with Crippen molar-refractivity contribution in [3.63, 3.8) is 0 Å². The lowest BCUT2D eigenvalue weighted by molar-refractivity contribution is -0.116. The smallest absolute Gasteiger partial charge is 0.251 e. The Morgan fingerprint density at radius 3 is 2.50 bits per heavy atom. The molecule has 5 nitrogen and oxygen atoms in total. The van der Waals surface area contributed by atoms with Gasteiger partial charge in [0.1, 0.15) is 0 Å². The molecule has 1 N–H and O–H groups in total. The molecule has 24 heavy (non-hydrogen) atoms. The fourth-order valence-corrected chi connectivity index (χ4v) is 2.39. The van der Waals surface area contributed by atoms with Crippen LogP contribution in [0.5, 0.6) is 0 Å². The second-order valence-corrected chi connectivity index (χ2v) is 5.53. The van der Waals surface area contributed by atoms with E-state index in [2.05, 4.69) is 5.32 Å². The third kappa shape index (κ3) is 4.58. The van der Waals surface area contributed by atoms with Gasteiger partial charge in [0, 0.05) is 36.3 Å². The number of nitrogens with zero attached hydrogens (tertiary/aromatic N) is 2. The zero-order valence-corrected chi connectivity index (χ0v) is 13.9. The maximum atomic E-state index is 12.1. The van der Waals surface area contributed by atoms with Crippen LogP contribution in [0.3, 0.4) is 0 Å². The third-order valence-electron chi connectivity index (χ3n) is 3.40. The molecule has 2 amide bonds. The van der Waals surface area contributed by atoms with Gasteiger partial charge in [-0.1, -0.05) is 17.7 Å². The lowest BCUT2D eigenvalue weighted by Gasteiger charge is -2.21. The van der Waals surface area contributed by atoms with Crippen molar-refractivity contribution >= 4 is 29.1 Å². The van der Waals surface area contributed by atoms with E-state index in [9.17, 15) is 9.59 Å². The highest BCUT2D eigenvalue weighted by Crippen LogP contribution is 2.15. The van der Waals surface area contributed by atoms with Gasteiger partial charge in [0.2, 0.25) is 5.91 Å². The molecule has 0 saturated heterocycles. The van der Waals surface area contributed by atoms with Crippen LogP contribution in [0.25, 0.3) is 0 Å². The van der Waals surface area contributed by atoms with E-state index >= 15 is 0 Å². The minimum Gasteiger partial charge on any atom is -0.350 e. The number of nitriles is 1. The Hall–Kier alpha value is -2.84. The molecular formula is C18H16ClN3O2. The second-order valence-electron chi connectivity index (χ2n) is 5.10. The largest absolute Gasteiger partial charge is 0.350 e. The predicted octanol–water partition coefficient (Wildman–Crippen LogP) is 2.99. The first-order chi connectivity index (χ1) is 11.5. The van der Waals surface area contributed by atoms with Crippen molar-refractivity contribution in [3.8, 4) is 6.07 Å². The highest BCUT2D eigenvalue weighted by atomic mass is 35.5. The van der Waals surface area contributed by atoms with Gasteiger partial charge in [-0.2, -0.15) is 5.26 Å². The van der Waals surface area contributed by atoms with Gasteiger partial charge in [0.05, 0.1) is 11.6 Å². The number of benzene rings is 2. The number of amides is 2. The highest BCUT2D eigenvalue weighted by molar-refractivity contribution is 6.30. The molecule has 0 atom stereocenters. The molecule has 122 valence electrons. The second kappa shape index (κ2) is 8.14. The molecule has 0 bridgehead atoms. The van der Waals surface area contributed by atoms with Crippen LogP contribution in [0, 0.1) is 11.3 Å². The van der Waals surface area contributed by atoms with Crippen molar-refractivity contribution in [2.45, 2.75) is 6.92 Å². The molecule has 0 unspecified atom stereocenters. The van der Waals surface area contributed by atoms with Crippen LogP contribution in [-0.2, 0) is 4.79 Å². The van der Waals surface area contributed by atoms with Crippen LogP contribution < -0.4 is 10.2 Å². The Bertz CT molecular complexity index is 782. The first-order valence-electron chi connectivity index (χ1n) is 7.33. The number of nitrogens with one attached hydrogen (secondary N) is 1. The minimum absolute atomic E-state index is 0.142. The lowest BCUT2D eigenvalue weighted by Crippen LogP contribution is -2.37. The average Bonchev–Trinajstić information content (AvgIpc) is 2.58. The first-order valence-corrected chi connectivity index (χ1v) is 7.71. The highest BCUT2D eigenvalue weighted by Gasteiger charge is 2.12. The zero-order chi connectivity index (χ0) is 17.5. The maximum absolute atomic E-state index is 12.1. The van der Waals surface area contributed by atoms with Crippen LogP contribution in [0.4, 0.5) is 5.69 Å². The topological polar surface area (TPSA) is 73.2 Å². The van der Waals surface area contributed by atoms with Crippen LogP contribution in [0.15, 0.2) is 48.5 Å². The van der Waals surface area contributed by atoms with E-state index < -0.39 is 0 Å². The standard InChI is InChI=1S/C18H16ClN3O2/c1-13(23)22(17-7-5-14(12-20)6-8-17)10-9-21-18(24)15-3-2-4-16(19)11-15/h2-8,11H,9-10H2,1H3,(H,21,24). The predicted molar refractivity (Wildman–Crippen MR) is 93.0 cm³/mol. The van der Waals surface area contributed by atoms with E-state index in [1.165, 1.54) is 6.92 Å². The van der Waals surface area contributed by atoms with Crippen molar-refractivity contribution in [3.05, 3.63) is 64.7 Å². The molecule has 0 spiro atoms. The molecular weight excluding hydrogens is 326 g/mol. The molecule has 0 heterocycles. The summed E-state index contributed by atoms with van der Waals surface area (Å²) in [4.78, 5) is 25.4. The van der Waals surface area contributed by atoms with E-state index in [1.54, 1.807) is 53.4 Å². The summed E-state index contributed by atoms with van der Waals surface area (Å²) in [5, 5.41) is 12.1. The number of halogens is 1. The molecule has 0 fully saturated rings. The number of rotatable bonds is 5. The van der Waals surface area contributed by atoms with Gasteiger partial charge in [0.25, 0.3) is 5.91 Å². The van der Waals surface area contributed by atoms with Crippen molar-refractivity contribution in [1.82, 2.24) is 5.32 Å². The summed E-state index contributed by atoms with van der Waals surface area (Å²) < 4.78 is 0. The fourth-order valence-electron chi connectivity index (χ4n) is 2.20. The summed E-state index contributed by atoms with van der Waals surface area (Å²) in [6.45, 7) is 2.08. The van der Waals surface area contributed by atoms with Crippen LogP contribution in [0.1, 0.15) is 22.8 Å². The van der Waals surface area contributed by atoms with E-state index in [0.717, 1.165) is 0 Å². The van der Waals surface area contributed by atoms with Gasteiger partial charge < -0.3 is 10.2 Å². The summed E-state index contributed by atoms with van der Waals surface area (Å²) in [5.74, 6) is -0.391. The SMILES string of the molecule is CC(=O)N(CCNC(=O)c1cccc(Cl)c1)c1ccc(C#N)cc1. The fraction of sp³-hybridized carbons (Fsp3) is 0.167. The van der Waals surface area contributed by atoms with Gasteiger partial charge in [-0.25, -0.2) is 0 Å². The minimum atomic E-state index is -0.249. The van der Waals surface area contributed by atoms with Crippen molar-refractivity contribution < 1.29 is 9.59 Å². The van der Waals surface area contributed by atoms with E-state index in [0.29, 0.717) is 34.9 Å². The molecule has 0 aliphatic heterocycles. The van der Waals surface area contributed by atoms with E-state index in [4.69, 9.17) is 16.9 Å². The third-order valence-corrected chi connectivity index (χ3v) is 3.63. The Balaban J connectivity index is 1.98. The average molecular weight is 342 g/mol. The normalized spacial score (nSPS) is 9.88. The van der Waals surface area contributed by atoms with Crippen molar-refractivity contribution in [2.75, 3.05) is 18.0 Å². The molecule has 6 heteroatoms. The first kappa shape index (κ1) is 17.5. The Morgan fingerprint density at radius 1 is 1.21 bits per heavy atom. The molecule has 0 aromatic heterocycles. The molecule has 2 aromatic rings. The van der Waals surface area contributed by atoms with Gasteiger partial charge in [-0.15, -0.1) is 0 Å². The summed E-state index contributed by atoms with van der Waals surface area (Å²) in [6, 6.07) is 15.4. The molecule has 0 saturated carbocycles. The Kier molecular flexibility index (Phi) is 5.94. The Labute approximate surface area is 145 Å². The van der Waals surface area contributed by atoms with E-state index in [-0.39, 0.29) is 11.8 Å². The molecule has 0 aliphatic rings. The summed E-state index contributed by atoms with van der Waals surface area (Å²) >= 11 is 5.86. The molecule has 0 radical (unpaired) electrons. The van der Waals surface area contributed by atoms with Gasteiger partial charge >= 0.3 is 0 Å². The number of carbonyl (C=O) groups excluding carboxylic acids is 2. The van der Waals surface area contributed by atoms with Crippen molar-refractivity contribution in [2.24, 2.45) is 0 Å². The molecule has 0 aliphatic carbocycles. The summed E-state index contributed by atoms with van der Waals surface area (Å²) in [7, 11) is 0. The van der Waals surface area contributed by atoms with Gasteiger partial charge in [-0.3, -0.25) is 9.59 Å². The van der Waals surface area contributed by atoms with E-state index in [1.807, 2.05) is 6.07 Å².